The Morgan fingerprint density at radius 3 is 2.31 bits per heavy atom. The molecule has 2 fully saturated rings. The van der Waals surface area contributed by atoms with Crippen molar-refractivity contribution in [3.63, 3.8) is 0 Å². The standard InChI is InChI=1S/C28H32N2O2/c1-28(2)20-12-6-9-15-23(20)29(3)24(28)16-19-26(31)25(27(19)32)30-21-13-7-4-10-17(21)18-11-5-8-14-22(18)30/h4,6-7,9-10,12-13,15-16,18-19,22,25-27H,5,8,11,14H2,1-3H3/q-2. The summed E-state index contributed by atoms with van der Waals surface area (Å²) in [5.74, 6) is 0.00647. The van der Waals surface area contributed by atoms with Gasteiger partial charge in [0.1, 0.15) is 0 Å². The fourth-order valence-corrected chi connectivity index (χ4v) is 7.08. The number of para-hydroxylation sites is 2. The van der Waals surface area contributed by atoms with Gasteiger partial charge >= 0.3 is 0 Å². The van der Waals surface area contributed by atoms with E-state index in [0.29, 0.717) is 12.0 Å². The van der Waals surface area contributed by atoms with Crippen LogP contribution in [-0.4, -0.2) is 31.3 Å². The molecule has 4 nitrogen and oxygen atoms in total. The van der Waals surface area contributed by atoms with E-state index in [-0.39, 0.29) is 5.41 Å². The molecule has 0 amide bonds. The molecule has 2 aliphatic heterocycles. The number of benzene rings is 2. The molecule has 0 radical (unpaired) electrons. The normalized spacial score (nSPS) is 36.0. The van der Waals surface area contributed by atoms with Crippen LogP contribution in [0, 0.1) is 5.92 Å². The Bertz CT molecular complexity index is 1070. The topological polar surface area (TPSA) is 52.6 Å². The first-order chi connectivity index (χ1) is 15.4. The SMILES string of the molecule is CN1C(=CC2C([O-])C(N3c4ccccc4C4CCCCC43)C2[O-])C(C)(C)c2ccccc21. The molecule has 0 saturated heterocycles. The first-order valence-electron chi connectivity index (χ1n) is 12.2. The van der Waals surface area contributed by atoms with Gasteiger partial charge in [0.2, 0.25) is 0 Å². The van der Waals surface area contributed by atoms with Crippen LogP contribution in [0.4, 0.5) is 11.4 Å². The summed E-state index contributed by atoms with van der Waals surface area (Å²) in [7, 11) is 2.05. The highest BCUT2D eigenvalue weighted by atomic mass is 16.3. The second kappa shape index (κ2) is 7.10. The molecule has 2 saturated carbocycles. The minimum atomic E-state index is -0.883. The van der Waals surface area contributed by atoms with Gasteiger partial charge in [-0.15, -0.1) is 12.2 Å². The highest BCUT2D eigenvalue weighted by molar-refractivity contribution is 5.70. The van der Waals surface area contributed by atoms with E-state index in [1.165, 1.54) is 36.1 Å². The Kier molecular flexibility index (Phi) is 4.51. The van der Waals surface area contributed by atoms with Gasteiger partial charge in [-0.2, -0.15) is 0 Å². The van der Waals surface area contributed by atoms with Crippen molar-refractivity contribution < 1.29 is 10.2 Å². The lowest BCUT2D eigenvalue weighted by Crippen LogP contribution is -2.76. The molecule has 6 rings (SSSR count). The molecular weight excluding hydrogens is 396 g/mol. The third-order valence-corrected chi connectivity index (χ3v) is 8.75. The van der Waals surface area contributed by atoms with Gasteiger partial charge in [-0.05, 0) is 42.0 Å². The van der Waals surface area contributed by atoms with E-state index in [2.05, 4.69) is 67.1 Å². The van der Waals surface area contributed by atoms with Crippen LogP contribution in [0.15, 0.2) is 60.3 Å². The van der Waals surface area contributed by atoms with Crippen LogP contribution in [0.1, 0.15) is 56.6 Å². The van der Waals surface area contributed by atoms with Crippen LogP contribution in [0.5, 0.6) is 0 Å². The number of rotatable bonds is 2. The van der Waals surface area contributed by atoms with Gasteiger partial charge in [0, 0.05) is 47.5 Å². The van der Waals surface area contributed by atoms with Gasteiger partial charge in [0.05, 0.1) is 0 Å². The smallest absolute Gasteiger partial charge is 0.0447 e. The van der Waals surface area contributed by atoms with Crippen LogP contribution >= 0.6 is 0 Å². The van der Waals surface area contributed by atoms with Crippen LogP contribution in [0.2, 0.25) is 0 Å². The average Bonchev–Trinajstić information content (AvgIpc) is 3.22. The lowest BCUT2D eigenvalue weighted by Gasteiger charge is -2.65. The van der Waals surface area contributed by atoms with E-state index < -0.39 is 24.2 Å². The molecule has 2 aromatic carbocycles. The molecule has 32 heavy (non-hydrogen) atoms. The number of hydrogen-bond acceptors (Lipinski definition) is 4. The van der Waals surface area contributed by atoms with Gasteiger partial charge in [-0.3, -0.25) is 0 Å². The molecule has 4 unspecified atom stereocenters. The number of fused-ring (bicyclic) bond motifs is 4. The lowest BCUT2D eigenvalue weighted by atomic mass is 9.70. The van der Waals surface area contributed by atoms with Gasteiger partial charge < -0.3 is 20.0 Å². The number of nitrogens with zero attached hydrogens (tertiary/aromatic N) is 2. The maximum Gasteiger partial charge on any atom is 0.0447 e. The molecule has 4 aliphatic rings. The van der Waals surface area contributed by atoms with Crippen LogP contribution in [0.25, 0.3) is 0 Å². The third-order valence-electron chi connectivity index (χ3n) is 8.75. The summed E-state index contributed by atoms with van der Waals surface area (Å²) in [6.07, 6.45) is 4.95. The lowest BCUT2D eigenvalue weighted by molar-refractivity contribution is -0.540. The van der Waals surface area contributed by atoms with Crippen LogP contribution < -0.4 is 20.0 Å². The molecule has 2 heterocycles. The molecular formula is C28H32N2O2-2. The minimum absolute atomic E-state index is 0.204. The highest BCUT2D eigenvalue weighted by Gasteiger charge is 2.49. The molecule has 0 aromatic heterocycles. The fraction of sp³-hybridized carbons (Fsp3) is 0.500. The second-order valence-electron chi connectivity index (χ2n) is 10.7. The Morgan fingerprint density at radius 1 is 0.906 bits per heavy atom. The molecule has 2 aliphatic carbocycles. The van der Waals surface area contributed by atoms with Crippen LogP contribution in [-0.2, 0) is 5.41 Å². The van der Waals surface area contributed by atoms with Crippen molar-refractivity contribution in [1.82, 2.24) is 0 Å². The van der Waals surface area contributed by atoms with Crippen molar-refractivity contribution in [3.05, 3.63) is 71.4 Å². The number of anilines is 2. The summed E-state index contributed by atoms with van der Waals surface area (Å²) in [5.41, 5.74) is 5.81. The van der Waals surface area contributed by atoms with Crippen molar-refractivity contribution in [3.8, 4) is 0 Å². The van der Waals surface area contributed by atoms with E-state index in [1.54, 1.807) is 0 Å². The highest BCUT2D eigenvalue weighted by Crippen LogP contribution is 2.52. The van der Waals surface area contributed by atoms with E-state index in [1.807, 2.05) is 18.2 Å². The van der Waals surface area contributed by atoms with E-state index in [0.717, 1.165) is 17.8 Å². The monoisotopic (exact) mass is 428 g/mol. The molecule has 4 heteroatoms. The van der Waals surface area contributed by atoms with Gasteiger partial charge in [0.25, 0.3) is 0 Å². The summed E-state index contributed by atoms with van der Waals surface area (Å²) in [5, 5.41) is 27.2. The minimum Gasteiger partial charge on any atom is -0.850 e. The van der Waals surface area contributed by atoms with Gasteiger partial charge in [-0.25, -0.2) is 0 Å². The fourth-order valence-electron chi connectivity index (χ4n) is 7.08. The Labute approximate surface area is 191 Å². The Hall–Kier alpha value is -2.30. The molecule has 2 aromatic rings. The average molecular weight is 429 g/mol. The number of likely N-dealkylation sites (N-methyl/N-ethyl adjacent to an activating group) is 1. The molecule has 0 spiro atoms. The first-order valence-corrected chi connectivity index (χ1v) is 12.2. The van der Waals surface area contributed by atoms with E-state index in [4.69, 9.17) is 0 Å². The maximum atomic E-state index is 13.6. The predicted molar refractivity (Wildman–Crippen MR) is 125 cm³/mol. The van der Waals surface area contributed by atoms with Crippen LogP contribution in [0.3, 0.4) is 0 Å². The summed E-state index contributed by atoms with van der Waals surface area (Å²) >= 11 is 0. The van der Waals surface area contributed by atoms with Crippen molar-refractivity contribution in [2.24, 2.45) is 5.92 Å². The summed E-state index contributed by atoms with van der Waals surface area (Å²) in [6.45, 7) is 4.39. The zero-order valence-corrected chi connectivity index (χ0v) is 19.2. The number of hydrogen-bond donors (Lipinski definition) is 0. The summed E-state index contributed by atoms with van der Waals surface area (Å²) in [4.78, 5) is 4.44. The second-order valence-corrected chi connectivity index (χ2v) is 10.7. The largest absolute Gasteiger partial charge is 0.850 e. The number of allylic oxidation sites excluding steroid dienone is 1. The van der Waals surface area contributed by atoms with E-state index in [9.17, 15) is 10.2 Å². The quantitative estimate of drug-likeness (QED) is 0.737. The van der Waals surface area contributed by atoms with Crippen molar-refractivity contribution in [1.29, 1.82) is 0 Å². The van der Waals surface area contributed by atoms with Crippen molar-refractivity contribution in [2.75, 3.05) is 16.8 Å². The van der Waals surface area contributed by atoms with Crippen molar-refractivity contribution in [2.45, 2.75) is 75.2 Å². The first kappa shape index (κ1) is 20.3. The third kappa shape index (κ3) is 2.63. The molecule has 0 N–H and O–H groups in total. The predicted octanol–water partition coefficient (Wildman–Crippen LogP) is 3.30. The molecule has 0 bridgehead atoms. The van der Waals surface area contributed by atoms with Gasteiger partial charge in [-0.1, -0.05) is 69.2 Å². The zero-order chi connectivity index (χ0) is 22.2. The summed E-state index contributed by atoms with van der Waals surface area (Å²) < 4.78 is 0. The summed E-state index contributed by atoms with van der Waals surface area (Å²) in [6, 6.07) is 16.7. The van der Waals surface area contributed by atoms with Crippen molar-refractivity contribution >= 4 is 11.4 Å². The molecule has 168 valence electrons. The molecule has 4 atom stereocenters. The van der Waals surface area contributed by atoms with Gasteiger partial charge in [0.15, 0.2) is 0 Å². The maximum absolute atomic E-state index is 13.6. The van der Waals surface area contributed by atoms with E-state index >= 15 is 0 Å². The Morgan fingerprint density at radius 2 is 1.56 bits per heavy atom. The zero-order valence-electron chi connectivity index (χ0n) is 19.2. The Balaban J connectivity index is 1.32.